The summed E-state index contributed by atoms with van der Waals surface area (Å²) in [6, 6.07) is -0.0992. The Morgan fingerprint density at radius 1 is 1.23 bits per heavy atom. The van der Waals surface area contributed by atoms with Crippen molar-refractivity contribution < 1.29 is 37.1 Å². The number of urea groups is 1. The first-order chi connectivity index (χ1) is 12.2. The number of hydrogen-bond donors (Lipinski definition) is 3. The molecule has 1 heterocycles. The van der Waals surface area contributed by atoms with E-state index < -0.39 is 59.1 Å². The van der Waals surface area contributed by atoms with Crippen LogP contribution in [0, 0.1) is 17.5 Å². The molecule has 11 heteroatoms. The molecule has 1 saturated heterocycles. The Kier molecular flexibility index (Phi) is 5.80. The van der Waals surface area contributed by atoms with E-state index in [9.17, 15) is 32.3 Å². The van der Waals surface area contributed by atoms with Gasteiger partial charge in [-0.15, -0.1) is 0 Å². The number of carbonyl (C=O) groups is 4. The van der Waals surface area contributed by atoms with E-state index >= 15 is 0 Å². The summed E-state index contributed by atoms with van der Waals surface area (Å²) in [6.45, 7) is 1.19. The van der Waals surface area contributed by atoms with E-state index in [-0.39, 0.29) is 12.8 Å². The maximum atomic E-state index is 13.5. The monoisotopic (exact) mass is 373 g/mol. The lowest BCUT2D eigenvalue weighted by molar-refractivity contribution is -0.153. The zero-order chi connectivity index (χ0) is 19.4. The van der Waals surface area contributed by atoms with Gasteiger partial charge in [-0.2, -0.15) is 0 Å². The first-order valence-corrected chi connectivity index (χ1v) is 7.44. The van der Waals surface area contributed by atoms with Crippen LogP contribution in [0.15, 0.2) is 12.1 Å². The van der Waals surface area contributed by atoms with E-state index in [1.165, 1.54) is 6.92 Å². The van der Waals surface area contributed by atoms with Crippen molar-refractivity contribution in [3.8, 4) is 0 Å². The number of nitrogens with one attached hydrogen (secondary N) is 3. The van der Waals surface area contributed by atoms with Gasteiger partial charge in [-0.25, -0.2) is 18.0 Å². The van der Waals surface area contributed by atoms with E-state index in [0.29, 0.717) is 6.07 Å². The molecule has 1 aromatic carbocycles. The molecule has 140 valence electrons. The highest BCUT2D eigenvalue weighted by molar-refractivity contribution is 6.04. The van der Waals surface area contributed by atoms with Crippen molar-refractivity contribution in [2.45, 2.75) is 31.9 Å². The van der Waals surface area contributed by atoms with Gasteiger partial charge in [-0.3, -0.25) is 19.7 Å². The van der Waals surface area contributed by atoms with Gasteiger partial charge in [0.25, 0.3) is 11.8 Å². The zero-order valence-electron chi connectivity index (χ0n) is 13.4. The predicted molar refractivity (Wildman–Crippen MR) is 80.2 cm³/mol. The Hall–Kier alpha value is -3.11. The molecule has 0 saturated carbocycles. The van der Waals surface area contributed by atoms with Crippen LogP contribution in [0.1, 0.15) is 19.8 Å². The van der Waals surface area contributed by atoms with E-state index in [0.717, 1.165) is 6.07 Å². The van der Waals surface area contributed by atoms with Gasteiger partial charge < -0.3 is 15.4 Å². The van der Waals surface area contributed by atoms with Crippen molar-refractivity contribution in [1.82, 2.24) is 10.6 Å². The SMILES string of the molecule is C[C@@H](OC(=O)CC[C@H]1NC(=O)NC1=O)C(=O)Nc1ccc(F)c(F)c1F. The predicted octanol–water partition coefficient (Wildman–Crippen LogP) is 0.962. The molecule has 1 fully saturated rings. The molecule has 0 aromatic heterocycles. The minimum Gasteiger partial charge on any atom is -0.453 e. The molecule has 2 rings (SSSR count). The number of imide groups is 1. The van der Waals surface area contributed by atoms with Crippen LogP contribution in [-0.4, -0.2) is 36.0 Å². The number of rotatable bonds is 6. The fourth-order valence-corrected chi connectivity index (χ4v) is 2.09. The van der Waals surface area contributed by atoms with Crippen molar-refractivity contribution in [1.29, 1.82) is 0 Å². The molecular formula is C15H14F3N3O5. The molecule has 0 unspecified atom stereocenters. The van der Waals surface area contributed by atoms with Gasteiger partial charge in [0, 0.05) is 6.42 Å². The highest BCUT2D eigenvalue weighted by atomic mass is 19.2. The fraction of sp³-hybridized carbons (Fsp3) is 0.333. The molecule has 1 aliphatic heterocycles. The Morgan fingerprint density at radius 3 is 2.54 bits per heavy atom. The molecule has 4 amide bonds. The number of halogens is 3. The largest absolute Gasteiger partial charge is 0.453 e. The highest BCUT2D eigenvalue weighted by Gasteiger charge is 2.30. The van der Waals surface area contributed by atoms with Crippen LogP contribution >= 0.6 is 0 Å². The molecule has 8 nitrogen and oxygen atoms in total. The van der Waals surface area contributed by atoms with Gasteiger partial charge in [-0.05, 0) is 25.5 Å². The number of esters is 1. The summed E-state index contributed by atoms with van der Waals surface area (Å²) in [7, 11) is 0. The Balaban J connectivity index is 1.85. The highest BCUT2D eigenvalue weighted by Crippen LogP contribution is 2.20. The van der Waals surface area contributed by atoms with Crippen molar-refractivity contribution >= 4 is 29.5 Å². The van der Waals surface area contributed by atoms with Crippen molar-refractivity contribution in [3.05, 3.63) is 29.6 Å². The van der Waals surface area contributed by atoms with E-state index in [1.807, 2.05) is 10.6 Å². The van der Waals surface area contributed by atoms with Gasteiger partial charge in [0.2, 0.25) is 0 Å². The summed E-state index contributed by atoms with van der Waals surface area (Å²) >= 11 is 0. The molecule has 0 radical (unpaired) electrons. The average molecular weight is 373 g/mol. The Labute approximate surface area is 145 Å². The maximum Gasteiger partial charge on any atom is 0.322 e. The third-order valence-electron chi connectivity index (χ3n) is 3.47. The third kappa shape index (κ3) is 4.49. The van der Waals surface area contributed by atoms with E-state index in [1.54, 1.807) is 0 Å². The van der Waals surface area contributed by atoms with Crippen molar-refractivity contribution in [2.24, 2.45) is 0 Å². The first kappa shape index (κ1) is 19.2. The Bertz CT molecular complexity index is 771. The van der Waals surface area contributed by atoms with Gasteiger partial charge in [-0.1, -0.05) is 0 Å². The zero-order valence-corrected chi connectivity index (χ0v) is 13.4. The second kappa shape index (κ2) is 7.85. The van der Waals surface area contributed by atoms with Crippen LogP contribution in [0.5, 0.6) is 0 Å². The average Bonchev–Trinajstić information content (AvgIpc) is 2.90. The minimum absolute atomic E-state index is 0.0391. The van der Waals surface area contributed by atoms with Crippen LogP contribution in [0.25, 0.3) is 0 Å². The summed E-state index contributed by atoms with van der Waals surface area (Å²) in [5.74, 6) is -7.13. The minimum atomic E-state index is -1.75. The molecular weight excluding hydrogens is 359 g/mol. The number of hydrogen-bond acceptors (Lipinski definition) is 5. The lowest BCUT2D eigenvalue weighted by Gasteiger charge is -2.14. The van der Waals surface area contributed by atoms with Crippen molar-refractivity contribution in [2.75, 3.05) is 5.32 Å². The van der Waals surface area contributed by atoms with E-state index in [2.05, 4.69) is 5.32 Å². The maximum absolute atomic E-state index is 13.5. The lowest BCUT2D eigenvalue weighted by atomic mass is 10.1. The molecule has 0 bridgehead atoms. The molecule has 26 heavy (non-hydrogen) atoms. The molecule has 3 N–H and O–H groups in total. The van der Waals surface area contributed by atoms with Crippen LogP contribution in [0.2, 0.25) is 0 Å². The summed E-state index contributed by atoms with van der Waals surface area (Å²) in [6.07, 6.45) is -1.67. The second-order valence-electron chi connectivity index (χ2n) is 5.40. The lowest BCUT2D eigenvalue weighted by Crippen LogP contribution is -2.32. The second-order valence-corrected chi connectivity index (χ2v) is 5.40. The number of anilines is 1. The topological polar surface area (TPSA) is 114 Å². The standard InChI is InChI=1S/C15H14F3N3O5/c1-6(13(23)19-8-3-2-7(16)11(17)12(8)18)26-10(22)5-4-9-14(24)21-15(25)20-9/h2-3,6,9H,4-5H2,1H3,(H,19,23)(H2,20,21,24,25)/t6-,9-/m1/s1. The smallest absolute Gasteiger partial charge is 0.322 e. The van der Waals surface area contributed by atoms with Crippen molar-refractivity contribution in [3.63, 3.8) is 0 Å². The quantitative estimate of drug-likeness (QED) is 0.391. The van der Waals surface area contributed by atoms with Gasteiger partial charge in [0.1, 0.15) is 6.04 Å². The van der Waals surface area contributed by atoms with Crippen LogP contribution in [0.3, 0.4) is 0 Å². The van der Waals surface area contributed by atoms with Crippen LogP contribution < -0.4 is 16.0 Å². The fourth-order valence-electron chi connectivity index (χ4n) is 2.09. The summed E-state index contributed by atoms with van der Waals surface area (Å²) < 4.78 is 44.3. The van der Waals surface area contributed by atoms with Crippen LogP contribution in [-0.2, 0) is 19.1 Å². The third-order valence-corrected chi connectivity index (χ3v) is 3.47. The molecule has 0 spiro atoms. The number of benzene rings is 1. The number of amides is 4. The Morgan fingerprint density at radius 2 is 1.92 bits per heavy atom. The van der Waals surface area contributed by atoms with E-state index in [4.69, 9.17) is 4.74 Å². The summed E-state index contributed by atoms with van der Waals surface area (Å²) in [5, 5.41) is 6.26. The van der Waals surface area contributed by atoms with Gasteiger partial charge in [0.15, 0.2) is 23.6 Å². The first-order valence-electron chi connectivity index (χ1n) is 7.44. The van der Waals surface area contributed by atoms with Crippen LogP contribution in [0.4, 0.5) is 23.7 Å². The molecule has 2 atom stereocenters. The van der Waals surface area contributed by atoms with Gasteiger partial charge >= 0.3 is 12.0 Å². The molecule has 1 aliphatic rings. The normalized spacial score (nSPS) is 17.3. The van der Waals surface area contributed by atoms with Gasteiger partial charge in [0.05, 0.1) is 5.69 Å². The summed E-state index contributed by atoms with van der Waals surface area (Å²) in [5.41, 5.74) is -0.609. The summed E-state index contributed by atoms with van der Waals surface area (Å²) in [4.78, 5) is 45.8. The number of ether oxygens (including phenoxy) is 1. The molecule has 1 aromatic rings. The molecule has 0 aliphatic carbocycles. The number of carbonyl (C=O) groups excluding carboxylic acids is 4.